The number of nitrogens with one attached hydrogen (secondary N) is 1. The summed E-state index contributed by atoms with van der Waals surface area (Å²) in [6.45, 7) is 8.43. The molecule has 2 aliphatic heterocycles. The van der Waals surface area contributed by atoms with Gasteiger partial charge in [-0.1, -0.05) is 0 Å². The summed E-state index contributed by atoms with van der Waals surface area (Å²) in [5.41, 5.74) is 2.59. The SMILES string of the molecule is CCNC(=O)Cc1c(C)nc([C@@H]2CCN(C(=O)[C@H]3CCCO3)C2)nc1C. The van der Waals surface area contributed by atoms with Crippen molar-refractivity contribution in [2.45, 2.75) is 58.5 Å². The van der Waals surface area contributed by atoms with Crippen molar-refractivity contribution in [3.05, 3.63) is 22.8 Å². The molecule has 2 fully saturated rings. The van der Waals surface area contributed by atoms with E-state index in [9.17, 15) is 9.59 Å². The van der Waals surface area contributed by atoms with Crippen molar-refractivity contribution in [3.63, 3.8) is 0 Å². The molecule has 0 saturated carbocycles. The van der Waals surface area contributed by atoms with Crippen molar-refractivity contribution < 1.29 is 14.3 Å². The highest BCUT2D eigenvalue weighted by molar-refractivity contribution is 5.81. The van der Waals surface area contributed by atoms with Crippen LogP contribution in [0.25, 0.3) is 0 Å². The van der Waals surface area contributed by atoms with Gasteiger partial charge in [-0.15, -0.1) is 0 Å². The minimum Gasteiger partial charge on any atom is -0.368 e. The summed E-state index contributed by atoms with van der Waals surface area (Å²) < 4.78 is 5.52. The molecule has 3 rings (SSSR count). The zero-order chi connectivity index (χ0) is 18.7. The fourth-order valence-electron chi connectivity index (χ4n) is 3.77. The number of nitrogens with zero attached hydrogens (tertiary/aromatic N) is 3. The summed E-state index contributed by atoms with van der Waals surface area (Å²) in [4.78, 5) is 35.6. The first kappa shape index (κ1) is 18.8. The van der Waals surface area contributed by atoms with Gasteiger partial charge in [-0.3, -0.25) is 9.59 Å². The van der Waals surface area contributed by atoms with Crippen molar-refractivity contribution in [1.29, 1.82) is 0 Å². The summed E-state index contributed by atoms with van der Waals surface area (Å²) in [6.07, 6.45) is 2.69. The van der Waals surface area contributed by atoms with Crippen LogP contribution in [0.1, 0.15) is 54.9 Å². The Bertz CT molecular complexity index is 662. The average Bonchev–Trinajstić information content (AvgIpc) is 3.29. The summed E-state index contributed by atoms with van der Waals surface area (Å²) in [6, 6.07) is 0. The molecule has 2 amide bonds. The number of aromatic nitrogens is 2. The number of likely N-dealkylation sites (N-methyl/N-ethyl adjacent to an activating group) is 1. The van der Waals surface area contributed by atoms with Crippen LogP contribution in [-0.4, -0.2) is 59.0 Å². The maximum Gasteiger partial charge on any atom is 0.251 e. The lowest BCUT2D eigenvalue weighted by Crippen LogP contribution is -2.37. The molecule has 0 spiro atoms. The Morgan fingerprint density at radius 3 is 2.58 bits per heavy atom. The van der Waals surface area contributed by atoms with Crippen LogP contribution in [-0.2, 0) is 20.7 Å². The Hall–Kier alpha value is -2.02. The van der Waals surface area contributed by atoms with Crippen LogP contribution in [0.3, 0.4) is 0 Å². The lowest BCUT2D eigenvalue weighted by Gasteiger charge is -2.20. The molecule has 7 nitrogen and oxygen atoms in total. The first-order chi connectivity index (χ1) is 12.5. The Balaban J connectivity index is 1.68. The standard InChI is InChI=1S/C19H28N4O3/c1-4-20-17(24)10-15-12(2)21-18(22-13(15)3)14-7-8-23(11-14)19(25)16-6-5-9-26-16/h14,16H,4-11H2,1-3H3,(H,20,24)/t14-,16-/m1/s1. The van der Waals surface area contributed by atoms with E-state index >= 15 is 0 Å². The second-order valence-corrected chi connectivity index (χ2v) is 7.13. The molecule has 0 aromatic carbocycles. The van der Waals surface area contributed by atoms with Gasteiger partial charge in [-0.25, -0.2) is 9.97 Å². The van der Waals surface area contributed by atoms with Gasteiger partial charge in [-0.2, -0.15) is 0 Å². The Labute approximate surface area is 154 Å². The van der Waals surface area contributed by atoms with Crippen molar-refractivity contribution >= 4 is 11.8 Å². The van der Waals surface area contributed by atoms with E-state index in [-0.39, 0.29) is 23.8 Å². The first-order valence-corrected chi connectivity index (χ1v) is 9.50. The molecule has 1 aromatic heterocycles. The summed E-state index contributed by atoms with van der Waals surface area (Å²) >= 11 is 0. The lowest BCUT2D eigenvalue weighted by atomic mass is 10.0. The van der Waals surface area contributed by atoms with E-state index in [2.05, 4.69) is 15.3 Å². The number of hydrogen-bond donors (Lipinski definition) is 1. The normalized spacial score (nSPS) is 22.7. The molecule has 2 atom stereocenters. The van der Waals surface area contributed by atoms with Crippen LogP contribution in [0.4, 0.5) is 0 Å². The van der Waals surface area contributed by atoms with Gasteiger partial charge >= 0.3 is 0 Å². The minimum absolute atomic E-state index is 0.00995. The second kappa shape index (κ2) is 8.12. The summed E-state index contributed by atoms with van der Waals surface area (Å²) in [5, 5.41) is 2.81. The van der Waals surface area contributed by atoms with Crippen LogP contribution in [0, 0.1) is 13.8 Å². The summed E-state index contributed by atoms with van der Waals surface area (Å²) in [7, 11) is 0. The molecular formula is C19H28N4O3. The highest BCUT2D eigenvalue weighted by atomic mass is 16.5. The van der Waals surface area contributed by atoms with Crippen LogP contribution in [0.15, 0.2) is 0 Å². The van der Waals surface area contributed by atoms with Crippen molar-refractivity contribution in [3.8, 4) is 0 Å². The van der Waals surface area contributed by atoms with Crippen LogP contribution >= 0.6 is 0 Å². The van der Waals surface area contributed by atoms with Gasteiger partial charge in [0.15, 0.2) is 0 Å². The van der Waals surface area contributed by atoms with E-state index in [0.717, 1.165) is 48.6 Å². The smallest absolute Gasteiger partial charge is 0.251 e. The molecule has 3 heterocycles. The molecule has 0 radical (unpaired) electrons. The quantitative estimate of drug-likeness (QED) is 0.855. The molecule has 0 bridgehead atoms. The van der Waals surface area contributed by atoms with Crippen molar-refractivity contribution in [1.82, 2.24) is 20.2 Å². The Morgan fingerprint density at radius 2 is 1.96 bits per heavy atom. The van der Waals surface area contributed by atoms with E-state index in [0.29, 0.717) is 26.1 Å². The van der Waals surface area contributed by atoms with E-state index in [1.165, 1.54) is 0 Å². The van der Waals surface area contributed by atoms with Gasteiger partial charge in [0.05, 0.1) is 6.42 Å². The third kappa shape index (κ3) is 4.03. The molecule has 2 aliphatic rings. The predicted molar refractivity (Wildman–Crippen MR) is 96.8 cm³/mol. The van der Waals surface area contributed by atoms with Gasteiger partial charge in [0.25, 0.3) is 5.91 Å². The number of aryl methyl sites for hydroxylation is 2. The molecule has 26 heavy (non-hydrogen) atoms. The van der Waals surface area contributed by atoms with Crippen LogP contribution in [0.2, 0.25) is 0 Å². The fourth-order valence-corrected chi connectivity index (χ4v) is 3.77. The van der Waals surface area contributed by atoms with E-state index in [1.54, 1.807) is 0 Å². The van der Waals surface area contributed by atoms with Crippen molar-refractivity contribution in [2.75, 3.05) is 26.2 Å². The number of carbonyl (C=O) groups excluding carboxylic acids is 2. The molecule has 0 aliphatic carbocycles. The number of rotatable bonds is 5. The molecule has 2 saturated heterocycles. The van der Waals surface area contributed by atoms with Gasteiger partial charge in [0, 0.05) is 49.1 Å². The third-order valence-corrected chi connectivity index (χ3v) is 5.22. The number of likely N-dealkylation sites (tertiary alicyclic amines) is 1. The zero-order valence-corrected chi connectivity index (χ0v) is 15.9. The fraction of sp³-hybridized carbons (Fsp3) is 0.684. The molecule has 7 heteroatoms. The largest absolute Gasteiger partial charge is 0.368 e. The highest BCUT2D eigenvalue weighted by Gasteiger charge is 2.34. The first-order valence-electron chi connectivity index (χ1n) is 9.50. The highest BCUT2D eigenvalue weighted by Crippen LogP contribution is 2.28. The maximum absolute atomic E-state index is 12.5. The maximum atomic E-state index is 12.5. The molecule has 1 aromatic rings. The Morgan fingerprint density at radius 1 is 1.23 bits per heavy atom. The van der Waals surface area contributed by atoms with E-state index < -0.39 is 0 Å². The van der Waals surface area contributed by atoms with Gasteiger partial charge in [-0.05, 0) is 40.0 Å². The molecular weight excluding hydrogens is 332 g/mol. The third-order valence-electron chi connectivity index (χ3n) is 5.22. The number of hydrogen-bond acceptors (Lipinski definition) is 5. The predicted octanol–water partition coefficient (Wildman–Crippen LogP) is 1.27. The monoisotopic (exact) mass is 360 g/mol. The Kier molecular flexibility index (Phi) is 5.86. The van der Waals surface area contributed by atoms with Gasteiger partial charge < -0.3 is 15.0 Å². The summed E-state index contributed by atoms with van der Waals surface area (Å²) in [5.74, 6) is 1.02. The lowest BCUT2D eigenvalue weighted by molar-refractivity contribution is -0.139. The molecule has 142 valence electrons. The topological polar surface area (TPSA) is 84.4 Å². The van der Waals surface area contributed by atoms with Gasteiger partial charge in [0.1, 0.15) is 11.9 Å². The zero-order valence-electron chi connectivity index (χ0n) is 15.9. The van der Waals surface area contributed by atoms with E-state index in [1.807, 2.05) is 25.7 Å². The number of ether oxygens (including phenoxy) is 1. The van der Waals surface area contributed by atoms with Gasteiger partial charge in [0.2, 0.25) is 5.91 Å². The molecule has 1 N–H and O–H groups in total. The number of carbonyl (C=O) groups is 2. The van der Waals surface area contributed by atoms with E-state index in [4.69, 9.17) is 4.74 Å². The second-order valence-electron chi connectivity index (χ2n) is 7.13. The average molecular weight is 360 g/mol. The number of amides is 2. The van der Waals surface area contributed by atoms with Crippen LogP contribution in [0.5, 0.6) is 0 Å². The van der Waals surface area contributed by atoms with Crippen LogP contribution < -0.4 is 5.32 Å². The molecule has 0 unspecified atom stereocenters. The van der Waals surface area contributed by atoms with Crippen molar-refractivity contribution in [2.24, 2.45) is 0 Å². The minimum atomic E-state index is -0.266.